The van der Waals surface area contributed by atoms with E-state index in [1.54, 1.807) is 24.3 Å². The molecule has 5 heteroatoms. The van der Waals surface area contributed by atoms with Crippen molar-refractivity contribution in [2.24, 2.45) is 0 Å². The zero-order chi connectivity index (χ0) is 13.3. The molecule has 0 nitrogen and oxygen atoms in total. The lowest BCUT2D eigenvalue weighted by Gasteiger charge is -2.12. The van der Waals surface area contributed by atoms with E-state index in [9.17, 15) is 8.78 Å². The van der Waals surface area contributed by atoms with Crippen molar-refractivity contribution in [2.75, 3.05) is 0 Å². The number of halogens is 5. The highest BCUT2D eigenvalue weighted by atomic mass is 79.9. The molecule has 18 heavy (non-hydrogen) atoms. The summed E-state index contributed by atoms with van der Waals surface area (Å²) in [4.78, 5) is 0. The minimum atomic E-state index is -0.786. The van der Waals surface area contributed by atoms with Crippen LogP contribution in [0.15, 0.2) is 40.9 Å². The van der Waals surface area contributed by atoms with Crippen LogP contribution in [0, 0.1) is 11.6 Å². The summed E-state index contributed by atoms with van der Waals surface area (Å²) in [6, 6.07) is 8.87. The Bertz CT molecular complexity index is 587. The second-order valence-electron chi connectivity index (χ2n) is 3.71. The molecule has 0 aliphatic carbocycles. The fourth-order valence-electron chi connectivity index (χ4n) is 1.58. The highest BCUT2D eigenvalue weighted by Gasteiger charge is 2.18. The third-order valence-corrected chi connectivity index (χ3v) is 3.78. The molecule has 1 atom stereocenters. The molecule has 2 aromatic rings. The van der Waals surface area contributed by atoms with E-state index < -0.39 is 17.0 Å². The zero-order valence-electron chi connectivity index (χ0n) is 8.93. The summed E-state index contributed by atoms with van der Waals surface area (Å²) in [5, 5.41) is -0.289. The lowest BCUT2D eigenvalue weighted by molar-refractivity contribution is 0.582. The van der Waals surface area contributed by atoms with Crippen molar-refractivity contribution in [1.82, 2.24) is 0 Å². The fraction of sp³-hybridized carbons (Fsp3) is 0.0769. The number of alkyl halides is 1. The molecule has 0 bridgehead atoms. The molecule has 0 spiro atoms. The van der Waals surface area contributed by atoms with Gasteiger partial charge in [-0.25, -0.2) is 8.78 Å². The quantitative estimate of drug-likeness (QED) is 0.480. The summed E-state index contributed by atoms with van der Waals surface area (Å²) in [5.74, 6) is -1.12. The van der Waals surface area contributed by atoms with Crippen LogP contribution in [-0.2, 0) is 0 Å². The van der Waals surface area contributed by atoms with Crippen LogP contribution in [0.4, 0.5) is 8.78 Å². The average Bonchev–Trinajstić information content (AvgIpc) is 2.33. The van der Waals surface area contributed by atoms with Gasteiger partial charge in [0.1, 0.15) is 11.6 Å². The maximum absolute atomic E-state index is 13.8. The summed E-state index contributed by atoms with van der Waals surface area (Å²) in [5.41, 5.74) is 0.699. The molecule has 0 saturated heterocycles. The predicted molar refractivity (Wildman–Crippen MR) is 73.2 cm³/mol. The van der Waals surface area contributed by atoms with E-state index in [0.29, 0.717) is 10.6 Å². The molecule has 0 aliphatic heterocycles. The van der Waals surface area contributed by atoms with Crippen LogP contribution >= 0.6 is 39.1 Å². The van der Waals surface area contributed by atoms with Crippen LogP contribution in [0.1, 0.15) is 16.5 Å². The van der Waals surface area contributed by atoms with Crippen molar-refractivity contribution in [3.8, 4) is 0 Å². The van der Waals surface area contributed by atoms with E-state index in [1.807, 2.05) is 0 Å². The zero-order valence-corrected chi connectivity index (χ0v) is 12.0. The lowest BCUT2D eigenvalue weighted by atomic mass is 10.0. The Kier molecular flexibility index (Phi) is 4.25. The molecule has 94 valence electrons. The van der Waals surface area contributed by atoms with Gasteiger partial charge in [0.2, 0.25) is 0 Å². The van der Waals surface area contributed by atoms with Crippen LogP contribution in [0.3, 0.4) is 0 Å². The summed E-state index contributed by atoms with van der Waals surface area (Å²) in [7, 11) is 0. The minimum absolute atomic E-state index is 0.0683. The second-order valence-corrected chi connectivity index (χ2v) is 5.43. The van der Waals surface area contributed by atoms with Crippen molar-refractivity contribution in [3.63, 3.8) is 0 Å². The van der Waals surface area contributed by atoms with Crippen LogP contribution < -0.4 is 0 Å². The van der Waals surface area contributed by atoms with Crippen molar-refractivity contribution in [2.45, 2.75) is 5.38 Å². The van der Waals surface area contributed by atoms with Gasteiger partial charge in [0.05, 0.1) is 9.85 Å². The Labute approximate surface area is 122 Å². The van der Waals surface area contributed by atoms with Gasteiger partial charge in [-0.1, -0.05) is 23.7 Å². The van der Waals surface area contributed by atoms with E-state index in [1.165, 1.54) is 0 Å². The molecule has 1 unspecified atom stereocenters. The maximum Gasteiger partial charge on any atom is 0.137 e. The molecule has 2 rings (SSSR count). The Balaban J connectivity index is 2.46. The third-order valence-electron chi connectivity index (χ3n) is 2.45. The average molecular weight is 352 g/mol. The Morgan fingerprint density at radius 3 is 2.44 bits per heavy atom. The predicted octanol–water partition coefficient (Wildman–Crippen LogP) is 5.71. The van der Waals surface area contributed by atoms with Crippen molar-refractivity contribution in [1.29, 1.82) is 0 Å². The molecule has 0 aliphatic rings. The van der Waals surface area contributed by atoms with Gasteiger partial charge < -0.3 is 0 Å². The third kappa shape index (κ3) is 2.85. The van der Waals surface area contributed by atoms with Gasteiger partial charge >= 0.3 is 0 Å². The Morgan fingerprint density at radius 1 is 1.06 bits per heavy atom. The van der Waals surface area contributed by atoms with E-state index in [4.69, 9.17) is 23.2 Å². The van der Waals surface area contributed by atoms with Gasteiger partial charge in [0.15, 0.2) is 0 Å². The van der Waals surface area contributed by atoms with Gasteiger partial charge in [-0.3, -0.25) is 0 Å². The number of rotatable bonds is 2. The monoisotopic (exact) mass is 350 g/mol. The molecular formula is C13H7BrCl2F2. The first-order valence-electron chi connectivity index (χ1n) is 5.03. The van der Waals surface area contributed by atoms with Crippen LogP contribution in [-0.4, -0.2) is 0 Å². The van der Waals surface area contributed by atoms with Crippen molar-refractivity contribution in [3.05, 3.63) is 68.7 Å². The lowest BCUT2D eigenvalue weighted by Crippen LogP contribution is -1.98. The summed E-state index contributed by atoms with van der Waals surface area (Å²) in [6.07, 6.45) is 0. The Morgan fingerprint density at radius 2 is 1.78 bits per heavy atom. The smallest absolute Gasteiger partial charge is 0.137 e. The molecular weight excluding hydrogens is 345 g/mol. The topological polar surface area (TPSA) is 0 Å². The first-order chi connectivity index (χ1) is 8.49. The normalized spacial score (nSPS) is 12.5. The van der Waals surface area contributed by atoms with Gasteiger partial charge in [-0.15, -0.1) is 11.6 Å². The van der Waals surface area contributed by atoms with E-state index in [0.717, 1.165) is 12.1 Å². The number of hydrogen-bond donors (Lipinski definition) is 0. The SMILES string of the molecule is Fc1cc(C(Cl)c2cccc(Cl)c2)c(F)cc1Br. The molecule has 0 aromatic heterocycles. The largest absolute Gasteiger partial charge is 0.207 e. The molecule has 0 N–H and O–H groups in total. The highest BCUT2D eigenvalue weighted by Crippen LogP contribution is 2.33. The molecule has 0 amide bonds. The van der Waals surface area contributed by atoms with Gasteiger partial charge in [0.25, 0.3) is 0 Å². The van der Waals surface area contributed by atoms with Gasteiger partial charge in [-0.05, 0) is 45.8 Å². The van der Waals surface area contributed by atoms with Crippen LogP contribution in [0.25, 0.3) is 0 Å². The molecule has 0 radical (unpaired) electrons. The molecule has 0 saturated carbocycles. The van der Waals surface area contributed by atoms with E-state index >= 15 is 0 Å². The van der Waals surface area contributed by atoms with Gasteiger partial charge in [0, 0.05) is 10.6 Å². The molecule has 2 aromatic carbocycles. The standard InChI is InChI=1S/C13H7BrCl2F2/c14-10-6-11(17)9(5-12(10)18)13(16)7-2-1-3-8(15)4-7/h1-6,13H. The minimum Gasteiger partial charge on any atom is -0.207 e. The first kappa shape index (κ1) is 13.8. The summed E-state index contributed by atoms with van der Waals surface area (Å²) >= 11 is 14.9. The van der Waals surface area contributed by atoms with Crippen LogP contribution in [0.5, 0.6) is 0 Å². The van der Waals surface area contributed by atoms with Gasteiger partial charge in [-0.2, -0.15) is 0 Å². The maximum atomic E-state index is 13.8. The summed E-state index contributed by atoms with van der Waals surface area (Å²) in [6.45, 7) is 0. The highest BCUT2D eigenvalue weighted by molar-refractivity contribution is 9.10. The number of hydrogen-bond acceptors (Lipinski definition) is 0. The van der Waals surface area contributed by atoms with E-state index in [2.05, 4.69) is 15.9 Å². The fourth-order valence-corrected chi connectivity index (χ4v) is 2.39. The van der Waals surface area contributed by atoms with Crippen molar-refractivity contribution < 1.29 is 8.78 Å². The molecule has 0 fully saturated rings. The number of benzene rings is 2. The summed E-state index contributed by atoms with van der Waals surface area (Å²) < 4.78 is 27.2. The van der Waals surface area contributed by atoms with E-state index in [-0.39, 0.29) is 10.0 Å². The molecule has 0 heterocycles. The van der Waals surface area contributed by atoms with Crippen LogP contribution in [0.2, 0.25) is 5.02 Å². The second kappa shape index (κ2) is 5.55. The first-order valence-corrected chi connectivity index (χ1v) is 6.63. The Hall–Kier alpha value is -0.640. The van der Waals surface area contributed by atoms with Crippen molar-refractivity contribution >= 4 is 39.1 Å².